The molecule has 1 heterocycles. The normalized spacial score (nSPS) is 10.5. The lowest BCUT2D eigenvalue weighted by atomic mass is 10.2. The third-order valence-electron chi connectivity index (χ3n) is 3.25. The number of methoxy groups -OCH3 is 1. The van der Waals surface area contributed by atoms with Crippen LogP contribution in [0.2, 0.25) is 0 Å². The second-order valence-electron chi connectivity index (χ2n) is 4.70. The summed E-state index contributed by atoms with van der Waals surface area (Å²) < 4.78 is 10.5. The van der Waals surface area contributed by atoms with Gasteiger partial charge >= 0.3 is 5.97 Å². The van der Waals surface area contributed by atoms with Crippen molar-refractivity contribution < 1.29 is 14.3 Å². The number of hydrogen-bond donors (Lipinski definition) is 1. The molecule has 21 heavy (non-hydrogen) atoms. The Morgan fingerprint density at radius 3 is 2.67 bits per heavy atom. The Balaban J connectivity index is 1.79. The topological polar surface area (TPSA) is 51.3 Å². The average Bonchev–Trinajstić information content (AvgIpc) is 2.96. The Labute approximate surface area is 122 Å². The number of rotatable bonds is 4. The maximum Gasteiger partial charge on any atom is 0.354 e. The van der Waals surface area contributed by atoms with Crippen LogP contribution in [0.3, 0.4) is 0 Å². The highest BCUT2D eigenvalue weighted by atomic mass is 16.5. The number of nitrogens with one attached hydrogen (secondary N) is 1. The van der Waals surface area contributed by atoms with E-state index in [0.29, 0.717) is 12.3 Å². The zero-order chi connectivity index (χ0) is 14.7. The Bertz CT molecular complexity index is 762. The van der Waals surface area contributed by atoms with E-state index in [0.717, 1.165) is 22.2 Å². The zero-order valence-electron chi connectivity index (χ0n) is 11.6. The van der Waals surface area contributed by atoms with Gasteiger partial charge in [0.25, 0.3) is 0 Å². The molecule has 0 atom stereocenters. The number of aromatic amines is 1. The van der Waals surface area contributed by atoms with Gasteiger partial charge in [0.05, 0.1) is 7.11 Å². The summed E-state index contributed by atoms with van der Waals surface area (Å²) >= 11 is 0. The van der Waals surface area contributed by atoms with Crippen molar-refractivity contribution in [3.63, 3.8) is 0 Å². The molecule has 1 aromatic heterocycles. The highest BCUT2D eigenvalue weighted by molar-refractivity contribution is 5.95. The summed E-state index contributed by atoms with van der Waals surface area (Å²) in [5.41, 5.74) is 2.43. The molecule has 0 saturated heterocycles. The van der Waals surface area contributed by atoms with E-state index in [4.69, 9.17) is 9.47 Å². The van der Waals surface area contributed by atoms with Gasteiger partial charge in [-0.05, 0) is 29.8 Å². The van der Waals surface area contributed by atoms with E-state index < -0.39 is 0 Å². The fourth-order valence-corrected chi connectivity index (χ4v) is 2.16. The molecular weight excluding hydrogens is 266 g/mol. The van der Waals surface area contributed by atoms with Gasteiger partial charge in [0, 0.05) is 10.9 Å². The lowest BCUT2D eigenvalue weighted by molar-refractivity contribution is 0.0595. The monoisotopic (exact) mass is 281 g/mol. The maximum atomic E-state index is 11.5. The molecule has 0 amide bonds. The molecule has 0 aliphatic heterocycles. The number of ether oxygens (including phenoxy) is 2. The number of benzene rings is 2. The van der Waals surface area contributed by atoms with E-state index >= 15 is 0 Å². The summed E-state index contributed by atoms with van der Waals surface area (Å²) in [6, 6.07) is 17.4. The maximum absolute atomic E-state index is 11.5. The average molecular weight is 281 g/mol. The fourth-order valence-electron chi connectivity index (χ4n) is 2.16. The van der Waals surface area contributed by atoms with E-state index in [-0.39, 0.29) is 5.97 Å². The van der Waals surface area contributed by atoms with E-state index in [1.54, 1.807) is 6.07 Å². The molecule has 0 radical (unpaired) electrons. The van der Waals surface area contributed by atoms with Crippen molar-refractivity contribution in [2.75, 3.05) is 7.11 Å². The second-order valence-corrected chi connectivity index (χ2v) is 4.70. The molecule has 3 aromatic rings. The van der Waals surface area contributed by atoms with Crippen molar-refractivity contribution in [3.8, 4) is 5.75 Å². The van der Waals surface area contributed by atoms with Gasteiger partial charge in [0.2, 0.25) is 0 Å². The predicted molar refractivity (Wildman–Crippen MR) is 80.4 cm³/mol. The molecule has 0 unspecified atom stereocenters. The summed E-state index contributed by atoms with van der Waals surface area (Å²) in [7, 11) is 1.36. The van der Waals surface area contributed by atoms with Crippen LogP contribution in [0.5, 0.6) is 5.75 Å². The standard InChI is InChI=1S/C17H15NO3/c1-20-17(19)16-10-13-9-14(7-8-15(13)18-16)21-11-12-5-3-2-4-6-12/h2-10,18H,11H2,1H3. The van der Waals surface area contributed by atoms with Crippen molar-refractivity contribution in [1.82, 2.24) is 4.98 Å². The van der Waals surface area contributed by atoms with Gasteiger partial charge in [-0.2, -0.15) is 0 Å². The van der Waals surface area contributed by atoms with Crippen molar-refractivity contribution >= 4 is 16.9 Å². The fraction of sp³-hybridized carbons (Fsp3) is 0.118. The second kappa shape index (κ2) is 5.71. The molecule has 0 saturated carbocycles. The quantitative estimate of drug-likeness (QED) is 0.744. The Morgan fingerprint density at radius 1 is 1.10 bits per heavy atom. The number of aromatic nitrogens is 1. The summed E-state index contributed by atoms with van der Waals surface area (Å²) in [4.78, 5) is 14.5. The smallest absolute Gasteiger partial charge is 0.354 e. The summed E-state index contributed by atoms with van der Waals surface area (Å²) in [6.07, 6.45) is 0. The molecular formula is C17H15NO3. The molecule has 0 bridgehead atoms. The lowest BCUT2D eigenvalue weighted by Gasteiger charge is -2.06. The SMILES string of the molecule is COC(=O)c1cc2cc(OCc3ccccc3)ccc2[nH]1. The van der Waals surface area contributed by atoms with Gasteiger partial charge in [0.1, 0.15) is 18.1 Å². The lowest BCUT2D eigenvalue weighted by Crippen LogP contribution is -2.00. The molecule has 4 nitrogen and oxygen atoms in total. The van der Waals surface area contributed by atoms with Crippen molar-refractivity contribution in [3.05, 3.63) is 65.9 Å². The first-order valence-electron chi connectivity index (χ1n) is 6.64. The molecule has 4 heteroatoms. The Morgan fingerprint density at radius 2 is 1.90 bits per heavy atom. The van der Waals surface area contributed by atoms with Gasteiger partial charge in [-0.15, -0.1) is 0 Å². The highest BCUT2D eigenvalue weighted by Gasteiger charge is 2.09. The van der Waals surface area contributed by atoms with Crippen LogP contribution in [0.15, 0.2) is 54.6 Å². The van der Waals surface area contributed by atoms with Crippen LogP contribution in [0.1, 0.15) is 16.1 Å². The summed E-state index contributed by atoms with van der Waals surface area (Å²) in [6.45, 7) is 0.515. The third kappa shape index (κ3) is 2.89. The largest absolute Gasteiger partial charge is 0.489 e. The Kier molecular flexibility index (Phi) is 3.60. The molecule has 0 aliphatic carbocycles. The van der Waals surface area contributed by atoms with Crippen LogP contribution in [-0.2, 0) is 11.3 Å². The van der Waals surface area contributed by atoms with Crippen LogP contribution in [0.4, 0.5) is 0 Å². The highest BCUT2D eigenvalue weighted by Crippen LogP contribution is 2.22. The minimum absolute atomic E-state index is 0.377. The van der Waals surface area contributed by atoms with E-state index in [1.165, 1.54) is 7.11 Å². The van der Waals surface area contributed by atoms with Crippen LogP contribution in [0, 0.1) is 0 Å². The van der Waals surface area contributed by atoms with E-state index in [2.05, 4.69) is 4.98 Å². The molecule has 1 N–H and O–H groups in total. The van der Waals surface area contributed by atoms with E-state index in [9.17, 15) is 4.79 Å². The minimum atomic E-state index is -0.377. The molecule has 106 valence electrons. The molecule has 3 rings (SSSR count). The van der Waals surface area contributed by atoms with Crippen molar-refractivity contribution in [2.24, 2.45) is 0 Å². The third-order valence-corrected chi connectivity index (χ3v) is 3.25. The van der Waals surface area contributed by atoms with Crippen LogP contribution in [0.25, 0.3) is 10.9 Å². The summed E-state index contributed by atoms with van der Waals surface area (Å²) in [5, 5.41) is 0.918. The molecule has 2 aromatic carbocycles. The van der Waals surface area contributed by atoms with E-state index in [1.807, 2.05) is 48.5 Å². The number of carbonyl (C=O) groups is 1. The van der Waals surface area contributed by atoms with Crippen molar-refractivity contribution in [1.29, 1.82) is 0 Å². The number of fused-ring (bicyclic) bond motifs is 1. The summed E-state index contributed by atoms with van der Waals surface area (Å²) in [5.74, 6) is 0.389. The number of carbonyl (C=O) groups excluding carboxylic acids is 1. The molecule has 0 fully saturated rings. The van der Waals surface area contributed by atoms with Crippen molar-refractivity contribution in [2.45, 2.75) is 6.61 Å². The number of H-pyrrole nitrogens is 1. The van der Waals surface area contributed by atoms with Crippen LogP contribution < -0.4 is 4.74 Å². The van der Waals surface area contributed by atoms with Crippen LogP contribution >= 0.6 is 0 Å². The number of hydrogen-bond acceptors (Lipinski definition) is 3. The molecule has 0 spiro atoms. The van der Waals surface area contributed by atoms with Crippen LogP contribution in [-0.4, -0.2) is 18.1 Å². The van der Waals surface area contributed by atoms with Gasteiger partial charge in [-0.3, -0.25) is 0 Å². The number of esters is 1. The first-order valence-corrected chi connectivity index (χ1v) is 6.64. The van der Waals surface area contributed by atoms with Gasteiger partial charge in [-0.25, -0.2) is 4.79 Å². The Hall–Kier alpha value is -2.75. The van der Waals surface area contributed by atoms with Gasteiger partial charge in [0.15, 0.2) is 0 Å². The predicted octanol–water partition coefficient (Wildman–Crippen LogP) is 3.53. The van der Waals surface area contributed by atoms with Gasteiger partial charge in [-0.1, -0.05) is 30.3 Å². The molecule has 0 aliphatic rings. The zero-order valence-corrected chi connectivity index (χ0v) is 11.6. The first-order chi connectivity index (χ1) is 10.3. The van der Waals surface area contributed by atoms with Gasteiger partial charge < -0.3 is 14.5 Å². The minimum Gasteiger partial charge on any atom is -0.489 e. The first kappa shape index (κ1) is 13.2.